The lowest BCUT2D eigenvalue weighted by Gasteiger charge is -2.11. The molecule has 4 N–H and O–H groups in total. The van der Waals surface area contributed by atoms with Gasteiger partial charge in [-0.1, -0.05) is 17.3 Å². The average molecular weight is 346 g/mol. The summed E-state index contributed by atoms with van der Waals surface area (Å²) in [5.74, 6) is -0.765. The van der Waals surface area contributed by atoms with Crippen LogP contribution < -0.4 is 11.5 Å². The van der Waals surface area contributed by atoms with Crippen LogP contribution in [-0.2, 0) is 9.63 Å². The topological polar surface area (TPSA) is 152 Å². The SMILES string of the molecule is Cc1c(N)cccc1/C(N)=N/OC(=O)C(C)n1ncc([N+](=O)[O-])c1C. The molecular formula is C15H18N6O4. The van der Waals surface area contributed by atoms with Gasteiger partial charge >= 0.3 is 11.7 Å². The van der Waals surface area contributed by atoms with E-state index in [1.165, 1.54) is 18.5 Å². The summed E-state index contributed by atoms with van der Waals surface area (Å²) >= 11 is 0. The van der Waals surface area contributed by atoms with Gasteiger partial charge in [-0.05, 0) is 32.4 Å². The Balaban J connectivity index is 2.16. The summed E-state index contributed by atoms with van der Waals surface area (Å²) in [7, 11) is 0. The lowest BCUT2D eigenvalue weighted by atomic mass is 10.1. The first-order valence-electron chi connectivity index (χ1n) is 7.32. The van der Waals surface area contributed by atoms with Crippen molar-refractivity contribution in [2.75, 3.05) is 5.73 Å². The van der Waals surface area contributed by atoms with Gasteiger partial charge in [-0.3, -0.25) is 10.1 Å². The molecule has 1 aromatic heterocycles. The van der Waals surface area contributed by atoms with Gasteiger partial charge in [0.05, 0.1) is 4.92 Å². The highest BCUT2D eigenvalue weighted by Gasteiger charge is 2.25. The Labute approximate surface area is 143 Å². The van der Waals surface area contributed by atoms with E-state index in [1.807, 2.05) is 0 Å². The van der Waals surface area contributed by atoms with Gasteiger partial charge < -0.3 is 16.3 Å². The number of hydrogen-bond donors (Lipinski definition) is 2. The highest BCUT2D eigenvalue weighted by atomic mass is 16.7. The number of nitrogen functional groups attached to an aromatic ring is 1. The molecule has 25 heavy (non-hydrogen) atoms. The van der Waals surface area contributed by atoms with E-state index in [9.17, 15) is 14.9 Å². The van der Waals surface area contributed by atoms with E-state index >= 15 is 0 Å². The monoisotopic (exact) mass is 346 g/mol. The van der Waals surface area contributed by atoms with E-state index in [0.29, 0.717) is 16.8 Å². The minimum atomic E-state index is -0.910. The highest BCUT2D eigenvalue weighted by molar-refractivity contribution is 5.99. The Kier molecular flexibility index (Phi) is 5.01. The van der Waals surface area contributed by atoms with E-state index in [-0.39, 0.29) is 17.2 Å². The third-order valence-corrected chi connectivity index (χ3v) is 3.81. The van der Waals surface area contributed by atoms with Crippen LogP contribution in [0.5, 0.6) is 0 Å². The van der Waals surface area contributed by atoms with Crippen LogP contribution in [0, 0.1) is 24.0 Å². The summed E-state index contributed by atoms with van der Waals surface area (Å²) in [6.45, 7) is 4.75. The van der Waals surface area contributed by atoms with Crippen molar-refractivity contribution in [1.29, 1.82) is 0 Å². The molecule has 0 saturated carbocycles. The number of anilines is 1. The van der Waals surface area contributed by atoms with Crippen molar-refractivity contribution in [1.82, 2.24) is 9.78 Å². The lowest BCUT2D eigenvalue weighted by molar-refractivity contribution is -0.385. The predicted octanol–water partition coefficient (Wildman–Crippen LogP) is 1.42. The van der Waals surface area contributed by atoms with Crippen LogP contribution in [0.3, 0.4) is 0 Å². The Hall–Kier alpha value is -3.43. The Morgan fingerprint density at radius 2 is 2.12 bits per heavy atom. The number of amidine groups is 1. The lowest BCUT2D eigenvalue weighted by Crippen LogP contribution is -2.22. The molecule has 0 radical (unpaired) electrons. The second kappa shape index (κ2) is 6.99. The molecule has 0 bridgehead atoms. The predicted molar refractivity (Wildman–Crippen MR) is 90.7 cm³/mol. The fourth-order valence-electron chi connectivity index (χ4n) is 2.23. The average Bonchev–Trinajstić information content (AvgIpc) is 2.95. The number of rotatable bonds is 5. The maximum atomic E-state index is 12.1. The number of benzene rings is 1. The van der Waals surface area contributed by atoms with Crippen LogP contribution in [0.25, 0.3) is 0 Å². The molecule has 0 aliphatic heterocycles. The molecule has 0 saturated heterocycles. The Morgan fingerprint density at radius 1 is 1.44 bits per heavy atom. The third kappa shape index (κ3) is 3.57. The number of carbonyl (C=O) groups is 1. The van der Waals surface area contributed by atoms with Crippen LogP contribution in [0.2, 0.25) is 0 Å². The zero-order valence-corrected chi connectivity index (χ0v) is 14.0. The normalized spacial score (nSPS) is 12.7. The maximum absolute atomic E-state index is 12.1. The summed E-state index contributed by atoms with van der Waals surface area (Å²) in [6.07, 6.45) is 1.08. The van der Waals surface area contributed by atoms with Gasteiger partial charge in [0.15, 0.2) is 5.84 Å². The van der Waals surface area contributed by atoms with Gasteiger partial charge in [-0.25, -0.2) is 9.48 Å². The minimum absolute atomic E-state index is 0.00600. The number of nitrogens with two attached hydrogens (primary N) is 2. The van der Waals surface area contributed by atoms with Gasteiger partial charge in [0.25, 0.3) is 0 Å². The van der Waals surface area contributed by atoms with Crippen LogP contribution in [0.15, 0.2) is 29.6 Å². The first kappa shape index (κ1) is 17.9. The molecule has 1 heterocycles. The number of aromatic nitrogens is 2. The molecule has 0 fully saturated rings. The zero-order chi connectivity index (χ0) is 18.7. The molecule has 0 amide bonds. The molecule has 1 unspecified atom stereocenters. The quantitative estimate of drug-likeness (QED) is 0.207. The van der Waals surface area contributed by atoms with Gasteiger partial charge in [-0.2, -0.15) is 5.10 Å². The van der Waals surface area contributed by atoms with Gasteiger partial charge in [-0.15, -0.1) is 0 Å². The van der Waals surface area contributed by atoms with E-state index in [2.05, 4.69) is 10.3 Å². The number of nitro groups is 1. The van der Waals surface area contributed by atoms with Gasteiger partial charge in [0.2, 0.25) is 0 Å². The summed E-state index contributed by atoms with van der Waals surface area (Å²) in [6, 6.07) is 4.21. The third-order valence-electron chi connectivity index (χ3n) is 3.81. The van der Waals surface area contributed by atoms with E-state index < -0.39 is 16.9 Å². The Bertz CT molecular complexity index is 858. The van der Waals surface area contributed by atoms with Crippen molar-refractivity contribution in [3.05, 3.63) is 51.3 Å². The smallest absolute Gasteiger partial charge is 0.359 e. The molecule has 132 valence electrons. The first-order valence-corrected chi connectivity index (χ1v) is 7.32. The van der Waals surface area contributed by atoms with Gasteiger partial charge in [0, 0.05) is 11.3 Å². The molecule has 0 spiro atoms. The number of nitrogens with zero attached hydrogens (tertiary/aromatic N) is 4. The molecule has 2 rings (SSSR count). The van der Waals surface area contributed by atoms with Crippen LogP contribution >= 0.6 is 0 Å². The highest BCUT2D eigenvalue weighted by Crippen LogP contribution is 2.21. The molecule has 0 aliphatic carbocycles. The fourth-order valence-corrected chi connectivity index (χ4v) is 2.23. The van der Waals surface area contributed by atoms with E-state index in [0.717, 1.165) is 6.20 Å². The maximum Gasteiger partial charge on any atom is 0.359 e. The largest absolute Gasteiger partial charge is 0.398 e. The van der Waals surface area contributed by atoms with Crippen LogP contribution in [-0.4, -0.2) is 26.5 Å². The summed E-state index contributed by atoms with van der Waals surface area (Å²) in [4.78, 5) is 27.2. The van der Waals surface area contributed by atoms with Crippen molar-refractivity contribution in [3.8, 4) is 0 Å². The molecule has 10 nitrogen and oxygen atoms in total. The van der Waals surface area contributed by atoms with E-state index in [4.69, 9.17) is 16.3 Å². The zero-order valence-electron chi connectivity index (χ0n) is 14.0. The van der Waals surface area contributed by atoms with Crippen molar-refractivity contribution < 1.29 is 14.6 Å². The summed E-state index contributed by atoms with van der Waals surface area (Å²) in [5, 5.41) is 18.3. The van der Waals surface area contributed by atoms with Gasteiger partial charge in [0.1, 0.15) is 17.9 Å². The van der Waals surface area contributed by atoms with Crippen molar-refractivity contribution in [2.24, 2.45) is 10.9 Å². The number of hydrogen-bond acceptors (Lipinski definition) is 7. The fraction of sp³-hybridized carbons (Fsp3) is 0.267. The van der Waals surface area contributed by atoms with E-state index in [1.54, 1.807) is 25.1 Å². The Morgan fingerprint density at radius 3 is 2.72 bits per heavy atom. The van der Waals surface area contributed by atoms with Crippen molar-refractivity contribution in [2.45, 2.75) is 26.8 Å². The second-order valence-electron chi connectivity index (χ2n) is 5.40. The molecule has 1 atom stereocenters. The van der Waals surface area contributed by atoms with Crippen LogP contribution in [0.4, 0.5) is 11.4 Å². The van der Waals surface area contributed by atoms with Crippen LogP contribution in [0.1, 0.15) is 29.8 Å². The minimum Gasteiger partial charge on any atom is -0.398 e. The molecule has 0 aliphatic rings. The summed E-state index contributed by atoms with van der Waals surface area (Å²) < 4.78 is 1.19. The summed E-state index contributed by atoms with van der Waals surface area (Å²) in [5.41, 5.74) is 13.5. The molecule has 2 aromatic rings. The molecule has 1 aromatic carbocycles. The van der Waals surface area contributed by atoms with Crippen molar-refractivity contribution in [3.63, 3.8) is 0 Å². The molecular weight excluding hydrogens is 328 g/mol. The number of oxime groups is 1. The first-order chi connectivity index (χ1) is 11.7. The molecule has 10 heteroatoms. The number of carbonyl (C=O) groups excluding carboxylic acids is 1. The standard InChI is InChI=1S/C15H18N6O4/c1-8-11(5-4-6-12(8)16)14(17)19-25-15(22)10(3)20-9(2)13(7-18-20)21(23)24/h4-7,10H,16H2,1-3H3,(H2,17,19). The second-order valence-corrected chi connectivity index (χ2v) is 5.40. The van der Waals surface area contributed by atoms with Crippen molar-refractivity contribution >= 4 is 23.2 Å².